The van der Waals surface area contributed by atoms with Crippen molar-refractivity contribution in [2.75, 3.05) is 0 Å². The Hall–Kier alpha value is -0.260. The Morgan fingerprint density at radius 2 is 2.23 bits per heavy atom. The molecule has 0 atom stereocenters. The molecule has 0 spiro atoms. The predicted octanol–water partition coefficient (Wildman–Crippen LogP) is 2.89. The molecule has 0 aliphatic heterocycles. The summed E-state index contributed by atoms with van der Waals surface area (Å²) in [7, 11) is 0. The van der Waals surface area contributed by atoms with Crippen molar-refractivity contribution in [1.29, 1.82) is 0 Å². The fraction of sp³-hybridized carbons (Fsp3) is 0.286. The van der Waals surface area contributed by atoms with Crippen LogP contribution in [-0.2, 0) is 6.54 Å². The lowest BCUT2D eigenvalue weighted by molar-refractivity contribution is 0.150. The van der Waals surface area contributed by atoms with Crippen molar-refractivity contribution in [2.24, 2.45) is 5.73 Å². The Labute approximate surface area is 87.2 Å². The van der Waals surface area contributed by atoms with Crippen LogP contribution in [0.15, 0.2) is 10.8 Å². The minimum absolute atomic E-state index is 0.000324. The molecule has 0 aliphatic rings. The third-order valence-electron chi connectivity index (χ3n) is 1.54. The van der Waals surface area contributed by atoms with E-state index in [2.05, 4.69) is 20.9 Å². The molecular weight excluding hydrogens is 265 g/mol. The Balaban J connectivity index is 3.32. The average Bonchev–Trinajstić information content (AvgIpc) is 2.08. The highest BCUT2D eigenvalue weighted by Crippen LogP contribution is 2.33. The molecule has 2 N–H and O–H groups in total. The molecule has 0 saturated heterocycles. The van der Waals surface area contributed by atoms with Gasteiger partial charge >= 0.3 is 0 Å². The van der Waals surface area contributed by atoms with Crippen LogP contribution in [0.3, 0.4) is 0 Å². The second kappa shape index (κ2) is 4.30. The van der Waals surface area contributed by atoms with Gasteiger partial charge in [0.05, 0.1) is 5.02 Å². The van der Waals surface area contributed by atoms with Crippen molar-refractivity contribution < 1.29 is 8.78 Å². The Morgan fingerprint density at radius 3 is 2.69 bits per heavy atom. The molecule has 13 heavy (non-hydrogen) atoms. The summed E-state index contributed by atoms with van der Waals surface area (Å²) >= 11 is 8.59. The van der Waals surface area contributed by atoms with Gasteiger partial charge in [-0.15, -0.1) is 0 Å². The molecule has 6 heteroatoms. The first-order valence-electron chi connectivity index (χ1n) is 3.39. The van der Waals surface area contributed by atoms with Crippen LogP contribution in [0.5, 0.6) is 0 Å². The van der Waals surface area contributed by atoms with Crippen LogP contribution in [-0.4, -0.2) is 4.98 Å². The molecule has 1 aromatic heterocycles. The quantitative estimate of drug-likeness (QED) is 0.840. The number of nitrogens with two attached hydrogens (primary N) is 1. The van der Waals surface area contributed by atoms with E-state index in [9.17, 15) is 8.78 Å². The zero-order valence-electron chi connectivity index (χ0n) is 6.40. The van der Waals surface area contributed by atoms with Crippen LogP contribution >= 0.6 is 27.5 Å². The second-order valence-corrected chi connectivity index (χ2v) is 3.44. The highest BCUT2D eigenvalue weighted by Gasteiger charge is 2.18. The predicted molar refractivity (Wildman–Crippen MR) is 49.8 cm³/mol. The normalized spacial score (nSPS) is 10.9. The molecule has 2 nitrogen and oxygen atoms in total. The Kier molecular flexibility index (Phi) is 3.58. The third-order valence-corrected chi connectivity index (χ3v) is 2.75. The molecule has 0 aliphatic carbocycles. The molecule has 0 radical (unpaired) electrons. The van der Waals surface area contributed by atoms with Crippen molar-refractivity contribution >= 4 is 27.5 Å². The maximum absolute atomic E-state index is 12.5. The highest BCUT2D eigenvalue weighted by molar-refractivity contribution is 9.10. The molecule has 0 fully saturated rings. The number of hydrogen-bond donors (Lipinski definition) is 1. The maximum atomic E-state index is 12.5. The van der Waals surface area contributed by atoms with Gasteiger partial charge < -0.3 is 5.73 Å². The number of alkyl halides is 2. The lowest BCUT2D eigenvalue weighted by atomic mass is 10.1. The fourth-order valence-corrected chi connectivity index (χ4v) is 1.48. The summed E-state index contributed by atoms with van der Waals surface area (Å²) in [6, 6.07) is 0. The van der Waals surface area contributed by atoms with Crippen molar-refractivity contribution in [3.8, 4) is 0 Å². The van der Waals surface area contributed by atoms with E-state index in [4.69, 9.17) is 17.3 Å². The smallest absolute Gasteiger partial charge is 0.265 e. The van der Waals surface area contributed by atoms with Crippen molar-refractivity contribution in [1.82, 2.24) is 4.98 Å². The van der Waals surface area contributed by atoms with Gasteiger partial charge in [-0.2, -0.15) is 0 Å². The largest absolute Gasteiger partial charge is 0.326 e. The molecule has 1 rings (SSSR count). The number of halogens is 4. The summed E-state index contributed by atoms with van der Waals surface area (Å²) in [5, 5.41) is -0.0713. The summed E-state index contributed by atoms with van der Waals surface area (Å²) in [6.45, 7) is -0.000324. The van der Waals surface area contributed by atoms with Gasteiger partial charge in [0.15, 0.2) is 0 Å². The van der Waals surface area contributed by atoms with E-state index in [1.165, 1.54) is 6.20 Å². The van der Waals surface area contributed by atoms with E-state index in [0.29, 0.717) is 0 Å². The zero-order chi connectivity index (χ0) is 10.0. The van der Waals surface area contributed by atoms with Gasteiger partial charge in [0, 0.05) is 18.3 Å². The van der Waals surface area contributed by atoms with Crippen LogP contribution in [0, 0.1) is 0 Å². The summed E-state index contributed by atoms with van der Waals surface area (Å²) in [6.07, 6.45) is -1.34. The van der Waals surface area contributed by atoms with E-state index < -0.39 is 6.43 Å². The van der Waals surface area contributed by atoms with E-state index in [1.54, 1.807) is 0 Å². The summed E-state index contributed by atoms with van der Waals surface area (Å²) in [5.41, 5.74) is 5.28. The minimum Gasteiger partial charge on any atom is -0.326 e. The molecule has 1 aromatic rings. The van der Waals surface area contributed by atoms with E-state index in [1.807, 2.05) is 0 Å². The first-order valence-corrected chi connectivity index (χ1v) is 4.56. The first kappa shape index (κ1) is 10.8. The Bertz CT molecular complexity index is 320. The fourth-order valence-electron chi connectivity index (χ4n) is 0.911. The van der Waals surface area contributed by atoms with Gasteiger partial charge in [-0.25, -0.2) is 13.8 Å². The summed E-state index contributed by atoms with van der Waals surface area (Å²) in [5.74, 6) is 0. The minimum atomic E-state index is -2.63. The number of hydrogen-bond acceptors (Lipinski definition) is 2. The molecule has 1 heterocycles. The number of aromatic nitrogens is 1. The number of nitrogens with zero attached hydrogens (tertiary/aromatic N) is 1. The molecule has 0 unspecified atom stereocenters. The van der Waals surface area contributed by atoms with E-state index in [-0.39, 0.29) is 27.3 Å². The number of rotatable bonds is 2. The molecule has 0 bridgehead atoms. The molecular formula is C7H6BrClF2N2. The molecule has 0 saturated carbocycles. The van der Waals surface area contributed by atoms with Gasteiger partial charge in [0.2, 0.25) is 0 Å². The zero-order valence-corrected chi connectivity index (χ0v) is 8.74. The van der Waals surface area contributed by atoms with Gasteiger partial charge in [0.1, 0.15) is 4.60 Å². The van der Waals surface area contributed by atoms with Crippen LogP contribution in [0.25, 0.3) is 0 Å². The van der Waals surface area contributed by atoms with Crippen molar-refractivity contribution in [2.45, 2.75) is 13.0 Å². The molecule has 72 valence electrons. The molecule has 0 amide bonds. The van der Waals surface area contributed by atoms with Crippen LogP contribution in [0.4, 0.5) is 8.78 Å². The summed E-state index contributed by atoms with van der Waals surface area (Å²) in [4.78, 5) is 3.76. The van der Waals surface area contributed by atoms with Crippen molar-refractivity contribution in [3.63, 3.8) is 0 Å². The van der Waals surface area contributed by atoms with Gasteiger partial charge in [-0.1, -0.05) is 11.6 Å². The lowest BCUT2D eigenvalue weighted by Gasteiger charge is -2.09. The monoisotopic (exact) mass is 270 g/mol. The number of pyridine rings is 1. The lowest BCUT2D eigenvalue weighted by Crippen LogP contribution is -2.04. The second-order valence-electron chi connectivity index (χ2n) is 2.31. The highest BCUT2D eigenvalue weighted by atomic mass is 79.9. The van der Waals surface area contributed by atoms with Crippen LogP contribution < -0.4 is 5.73 Å². The molecule has 0 aromatic carbocycles. The van der Waals surface area contributed by atoms with Gasteiger partial charge in [-0.3, -0.25) is 0 Å². The Morgan fingerprint density at radius 1 is 1.62 bits per heavy atom. The van der Waals surface area contributed by atoms with Gasteiger partial charge in [-0.05, 0) is 21.5 Å². The third kappa shape index (κ3) is 2.15. The van der Waals surface area contributed by atoms with Crippen LogP contribution in [0.2, 0.25) is 5.02 Å². The SMILES string of the molecule is NCc1cnc(Br)c(Cl)c1C(F)F. The summed E-state index contributed by atoms with van der Waals surface area (Å²) < 4.78 is 25.1. The topological polar surface area (TPSA) is 38.9 Å². The average molecular weight is 271 g/mol. The maximum Gasteiger partial charge on any atom is 0.265 e. The van der Waals surface area contributed by atoms with Crippen molar-refractivity contribution in [3.05, 3.63) is 26.9 Å². The van der Waals surface area contributed by atoms with E-state index >= 15 is 0 Å². The standard InChI is InChI=1S/C7H6BrClF2N2/c8-6-5(9)4(7(10)11)3(1-12)2-13-6/h2,7H,1,12H2. The van der Waals surface area contributed by atoms with Gasteiger partial charge in [0.25, 0.3) is 6.43 Å². The van der Waals surface area contributed by atoms with E-state index in [0.717, 1.165) is 0 Å². The van der Waals surface area contributed by atoms with Crippen LogP contribution in [0.1, 0.15) is 17.6 Å². The first-order chi connectivity index (χ1) is 6.07.